The first-order valence-electron chi connectivity index (χ1n) is 9.53. The normalized spacial score (nSPS) is 18.8. The summed E-state index contributed by atoms with van der Waals surface area (Å²) in [5.74, 6) is -5.62. The van der Waals surface area contributed by atoms with Crippen LogP contribution < -0.4 is 21.0 Å². The Balaban J connectivity index is 1.60. The van der Waals surface area contributed by atoms with E-state index in [0.29, 0.717) is 19.0 Å². The van der Waals surface area contributed by atoms with Crippen LogP contribution in [0.2, 0.25) is 0 Å². The van der Waals surface area contributed by atoms with E-state index in [9.17, 15) is 36.3 Å². The molecule has 15 heteroatoms. The van der Waals surface area contributed by atoms with E-state index in [-0.39, 0.29) is 28.3 Å². The summed E-state index contributed by atoms with van der Waals surface area (Å²) in [6, 6.07) is 1.27. The van der Waals surface area contributed by atoms with E-state index in [1.807, 2.05) is 0 Å². The molecule has 1 aliphatic carbocycles. The molecule has 2 aliphatic rings. The number of halogens is 5. The van der Waals surface area contributed by atoms with Gasteiger partial charge in [0.2, 0.25) is 0 Å². The molecule has 174 valence electrons. The smallest absolute Gasteiger partial charge is 0.362 e. The molecule has 1 aliphatic heterocycles. The molecule has 0 amide bonds. The highest BCUT2D eigenvalue weighted by Crippen LogP contribution is 2.61. The fourth-order valence-corrected chi connectivity index (χ4v) is 3.90. The number of imidazole rings is 1. The van der Waals surface area contributed by atoms with E-state index < -0.39 is 46.8 Å². The average Bonchev–Trinajstić information content (AvgIpc) is 3.27. The van der Waals surface area contributed by atoms with Gasteiger partial charge in [-0.3, -0.25) is 9.78 Å². The van der Waals surface area contributed by atoms with Crippen molar-refractivity contribution in [3.8, 4) is 11.3 Å². The molecule has 0 atom stereocenters. The first-order chi connectivity index (χ1) is 15.4. The van der Waals surface area contributed by atoms with Gasteiger partial charge in [0.1, 0.15) is 5.69 Å². The zero-order chi connectivity index (χ0) is 23.8. The Labute approximate surface area is 179 Å². The van der Waals surface area contributed by atoms with Gasteiger partial charge in [0.05, 0.1) is 29.4 Å². The summed E-state index contributed by atoms with van der Waals surface area (Å²) in [5.41, 5.74) is -3.76. The average molecular weight is 472 g/mol. The second kappa shape index (κ2) is 6.62. The van der Waals surface area contributed by atoms with E-state index in [1.165, 1.54) is 27.9 Å². The summed E-state index contributed by atoms with van der Waals surface area (Å²) in [6.07, 6.45) is -1.34. The van der Waals surface area contributed by atoms with Crippen molar-refractivity contribution in [3.05, 3.63) is 45.5 Å². The Morgan fingerprint density at radius 2 is 1.91 bits per heavy atom. The molecule has 1 N–H and O–H groups in total. The zero-order valence-electron chi connectivity index (χ0n) is 16.4. The van der Waals surface area contributed by atoms with Gasteiger partial charge in [-0.1, -0.05) is 0 Å². The van der Waals surface area contributed by atoms with Crippen LogP contribution in [-0.4, -0.2) is 55.5 Å². The van der Waals surface area contributed by atoms with Crippen molar-refractivity contribution in [3.63, 3.8) is 0 Å². The molecular formula is C18H13F5N6O4. The third-order valence-corrected chi connectivity index (χ3v) is 5.79. The number of anilines is 1. The van der Waals surface area contributed by atoms with Crippen LogP contribution in [0, 0.1) is 5.41 Å². The highest BCUT2D eigenvalue weighted by atomic mass is 19.4. The fourth-order valence-electron chi connectivity index (χ4n) is 3.90. The lowest BCUT2D eigenvalue weighted by molar-refractivity contribution is -0.200. The molecule has 0 unspecified atom stereocenters. The van der Waals surface area contributed by atoms with Gasteiger partial charge in [-0.25, -0.2) is 27.9 Å². The highest BCUT2D eigenvalue weighted by Gasteiger charge is 2.67. The second-order valence-electron chi connectivity index (χ2n) is 7.96. The summed E-state index contributed by atoms with van der Waals surface area (Å²) in [7, 11) is 0. The van der Waals surface area contributed by atoms with Gasteiger partial charge >= 0.3 is 17.8 Å². The van der Waals surface area contributed by atoms with Crippen molar-refractivity contribution >= 4 is 17.3 Å². The SMILES string of the molecule is O=C(On1cc(-c2cc(N3CC(F)(F)C4(CC4)C3)c3nccn3n2)c(=O)[nH]c1=O)C(F)(F)F. The number of nitrogens with one attached hydrogen (secondary N) is 1. The number of carbonyl (C=O) groups is 1. The Morgan fingerprint density at radius 3 is 2.55 bits per heavy atom. The van der Waals surface area contributed by atoms with Gasteiger partial charge in [-0.15, -0.1) is 4.73 Å². The van der Waals surface area contributed by atoms with Crippen LogP contribution in [0.3, 0.4) is 0 Å². The molecular weight excluding hydrogens is 459 g/mol. The number of hydrogen-bond acceptors (Lipinski definition) is 7. The molecule has 10 nitrogen and oxygen atoms in total. The molecule has 4 heterocycles. The lowest BCUT2D eigenvalue weighted by Crippen LogP contribution is -2.41. The quantitative estimate of drug-likeness (QED) is 0.566. The largest absolute Gasteiger partial charge is 0.493 e. The maximum absolute atomic E-state index is 14.5. The Bertz CT molecular complexity index is 1400. The molecule has 5 rings (SSSR count). The van der Waals surface area contributed by atoms with Gasteiger partial charge < -0.3 is 9.74 Å². The molecule has 1 spiro atoms. The number of aromatic nitrogens is 5. The third-order valence-electron chi connectivity index (χ3n) is 5.79. The number of hydrogen-bond donors (Lipinski definition) is 1. The molecule has 3 aromatic heterocycles. The van der Waals surface area contributed by atoms with Crippen molar-refractivity contribution in [2.75, 3.05) is 18.0 Å². The van der Waals surface area contributed by atoms with Gasteiger partial charge in [0.25, 0.3) is 11.5 Å². The minimum atomic E-state index is -5.39. The highest BCUT2D eigenvalue weighted by molar-refractivity contribution is 5.76. The lowest BCUT2D eigenvalue weighted by Gasteiger charge is -2.19. The van der Waals surface area contributed by atoms with E-state index in [0.717, 1.165) is 0 Å². The van der Waals surface area contributed by atoms with Gasteiger partial charge in [0.15, 0.2) is 5.65 Å². The van der Waals surface area contributed by atoms with Crippen molar-refractivity contribution < 1.29 is 31.6 Å². The number of fused-ring (bicyclic) bond motifs is 1. The molecule has 0 bridgehead atoms. The molecule has 3 aromatic rings. The Hall–Kier alpha value is -3.78. The lowest BCUT2D eigenvalue weighted by atomic mass is 10.0. The summed E-state index contributed by atoms with van der Waals surface area (Å²) in [4.78, 5) is 46.6. The maximum Gasteiger partial charge on any atom is 0.493 e. The summed E-state index contributed by atoms with van der Waals surface area (Å²) in [5, 5.41) is 4.13. The van der Waals surface area contributed by atoms with Crippen molar-refractivity contribution in [2.45, 2.75) is 24.9 Å². The van der Waals surface area contributed by atoms with Crippen molar-refractivity contribution in [2.24, 2.45) is 5.41 Å². The third kappa shape index (κ3) is 3.34. The fraction of sp³-hybridized carbons (Fsp3) is 0.389. The van der Waals surface area contributed by atoms with Crippen molar-refractivity contribution in [1.82, 2.24) is 24.3 Å². The number of aromatic amines is 1. The zero-order valence-corrected chi connectivity index (χ0v) is 16.4. The first-order valence-corrected chi connectivity index (χ1v) is 9.53. The number of nitrogens with zero attached hydrogens (tertiary/aromatic N) is 5. The van der Waals surface area contributed by atoms with Crippen LogP contribution in [0.4, 0.5) is 27.6 Å². The first kappa shape index (κ1) is 21.1. The Morgan fingerprint density at radius 1 is 1.18 bits per heavy atom. The summed E-state index contributed by atoms with van der Waals surface area (Å²) in [6.45, 7) is -0.539. The molecule has 2 fully saturated rings. The summed E-state index contributed by atoms with van der Waals surface area (Å²) < 4.78 is 67.7. The topological polar surface area (TPSA) is 115 Å². The maximum atomic E-state index is 14.5. The Kier molecular flexibility index (Phi) is 4.23. The molecule has 1 saturated heterocycles. The molecule has 0 aromatic carbocycles. The summed E-state index contributed by atoms with van der Waals surface area (Å²) >= 11 is 0. The van der Waals surface area contributed by atoms with E-state index >= 15 is 0 Å². The minimum Gasteiger partial charge on any atom is -0.362 e. The number of rotatable bonds is 3. The monoisotopic (exact) mass is 472 g/mol. The van der Waals surface area contributed by atoms with E-state index in [4.69, 9.17) is 0 Å². The predicted molar refractivity (Wildman–Crippen MR) is 99.8 cm³/mol. The number of alkyl halides is 5. The van der Waals surface area contributed by atoms with Crippen LogP contribution in [0.15, 0.2) is 34.2 Å². The predicted octanol–water partition coefficient (Wildman–Crippen LogP) is 0.999. The van der Waals surface area contributed by atoms with Crippen LogP contribution in [0.25, 0.3) is 16.9 Å². The molecule has 1 saturated carbocycles. The van der Waals surface area contributed by atoms with E-state index in [2.05, 4.69) is 14.9 Å². The van der Waals surface area contributed by atoms with Gasteiger partial charge in [0, 0.05) is 18.9 Å². The second-order valence-corrected chi connectivity index (χ2v) is 7.96. The minimum absolute atomic E-state index is 0.0467. The molecule has 33 heavy (non-hydrogen) atoms. The standard InChI is InChI=1S/C18H13F5N6O4/c19-17(20)8-27(7-16(17)1-2-16)11-5-10(26-28-4-3-24-12(11)28)9-6-29(15(32)25-13(9)30)33-14(31)18(21,22)23/h3-6H,1-2,7-8H2,(H,25,30,32). The van der Waals surface area contributed by atoms with Gasteiger partial charge in [-0.2, -0.15) is 18.3 Å². The van der Waals surface area contributed by atoms with E-state index in [1.54, 1.807) is 4.98 Å². The van der Waals surface area contributed by atoms with Crippen molar-refractivity contribution in [1.29, 1.82) is 0 Å². The van der Waals surface area contributed by atoms with Crippen LogP contribution in [0.1, 0.15) is 12.8 Å². The van der Waals surface area contributed by atoms with Crippen LogP contribution in [-0.2, 0) is 4.79 Å². The van der Waals surface area contributed by atoms with Crippen LogP contribution in [0.5, 0.6) is 0 Å². The number of carbonyl (C=O) groups excluding carboxylic acids is 1. The molecule has 0 radical (unpaired) electrons. The van der Waals surface area contributed by atoms with Gasteiger partial charge in [-0.05, 0) is 18.9 Å². The van der Waals surface area contributed by atoms with Crippen LogP contribution >= 0.6 is 0 Å². The number of H-pyrrole nitrogens is 1.